The molecule has 2 amide bonds. The number of nitrogens with zero attached hydrogens (tertiary/aromatic N) is 1. The zero-order chi connectivity index (χ0) is 18.7. The third kappa shape index (κ3) is 3.65. The van der Waals surface area contributed by atoms with Gasteiger partial charge in [0.15, 0.2) is 6.10 Å². The van der Waals surface area contributed by atoms with Crippen LogP contribution in [0, 0.1) is 0 Å². The van der Waals surface area contributed by atoms with E-state index in [4.69, 9.17) is 9.47 Å². The highest BCUT2D eigenvalue weighted by molar-refractivity contribution is 6.05. The molecule has 0 saturated carbocycles. The lowest BCUT2D eigenvalue weighted by Crippen LogP contribution is -2.44. The summed E-state index contributed by atoms with van der Waals surface area (Å²) in [6, 6.07) is 4.94. The van der Waals surface area contributed by atoms with Crippen molar-refractivity contribution < 1.29 is 23.9 Å². The number of carbonyl (C=O) groups excluding carboxylic acids is 3. The van der Waals surface area contributed by atoms with E-state index in [2.05, 4.69) is 15.5 Å². The fraction of sp³-hybridized carbons (Fsp3) is 0.500. The number of esters is 1. The van der Waals surface area contributed by atoms with Crippen LogP contribution < -0.4 is 15.5 Å². The van der Waals surface area contributed by atoms with Crippen LogP contribution in [-0.2, 0) is 19.1 Å². The van der Waals surface area contributed by atoms with Crippen LogP contribution in [0.4, 0.5) is 11.4 Å². The van der Waals surface area contributed by atoms with E-state index in [1.165, 1.54) is 14.0 Å². The molecule has 2 N–H and O–H groups in total. The van der Waals surface area contributed by atoms with Gasteiger partial charge in [-0.1, -0.05) is 0 Å². The summed E-state index contributed by atoms with van der Waals surface area (Å²) in [5.74, 6) is -1.05. The number of benzene rings is 1. The largest absolute Gasteiger partial charge is 0.449 e. The van der Waals surface area contributed by atoms with E-state index in [-0.39, 0.29) is 17.9 Å². The molecule has 1 aromatic rings. The predicted octanol–water partition coefficient (Wildman–Crippen LogP) is 0.915. The fourth-order valence-corrected chi connectivity index (χ4v) is 3.26. The SMILES string of the molecule is COCCNC(=O)[C@@H](C)OC(=O)c1ccc2c(c1)NC(=O)[C@@H]1CCCN21. The third-order valence-corrected chi connectivity index (χ3v) is 4.61. The standard InChI is InChI=1S/C18H23N3O5/c1-11(16(22)19-7-9-25-2)26-18(24)12-5-6-14-13(10-12)20-17(23)15-4-3-8-21(14)15/h5-6,10-11,15H,3-4,7-9H2,1-2H3,(H,19,22)(H,20,23)/t11-,15+/m1/s1. The number of ether oxygens (including phenoxy) is 2. The average molecular weight is 361 g/mol. The Labute approximate surface area is 151 Å². The van der Waals surface area contributed by atoms with Gasteiger partial charge < -0.3 is 25.0 Å². The van der Waals surface area contributed by atoms with Gasteiger partial charge in [-0.25, -0.2) is 4.79 Å². The topological polar surface area (TPSA) is 97.0 Å². The number of nitrogens with one attached hydrogen (secondary N) is 2. The van der Waals surface area contributed by atoms with Gasteiger partial charge in [0.25, 0.3) is 5.91 Å². The van der Waals surface area contributed by atoms with Gasteiger partial charge >= 0.3 is 5.97 Å². The number of fused-ring (bicyclic) bond motifs is 3. The first-order valence-electron chi connectivity index (χ1n) is 8.70. The summed E-state index contributed by atoms with van der Waals surface area (Å²) in [5.41, 5.74) is 1.80. The number of anilines is 2. The maximum Gasteiger partial charge on any atom is 0.338 e. The number of rotatable bonds is 6. The van der Waals surface area contributed by atoms with E-state index in [0.29, 0.717) is 24.4 Å². The molecule has 1 aromatic carbocycles. The zero-order valence-electron chi connectivity index (χ0n) is 14.9. The second-order valence-electron chi connectivity index (χ2n) is 6.40. The molecule has 8 nitrogen and oxygen atoms in total. The number of methoxy groups -OCH3 is 1. The Hall–Kier alpha value is -2.61. The smallest absolute Gasteiger partial charge is 0.338 e. The first kappa shape index (κ1) is 18.2. The van der Waals surface area contributed by atoms with E-state index in [1.807, 2.05) is 6.07 Å². The Morgan fingerprint density at radius 3 is 3.00 bits per heavy atom. The maximum absolute atomic E-state index is 12.3. The van der Waals surface area contributed by atoms with Crippen molar-refractivity contribution in [3.05, 3.63) is 23.8 Å². The Morgan fingerprint density at radius 1 is 1.42 bits per heavy atom. The zero-order valence-corrected chi connectivity index (χ0v) is 14.9. The number of amides is 2. The summed E-state index contributed by atoms with van der Waals surface area (Å²) in [6.07, 6.45) is 0.884. The van der Waals surface area contributed by atoms with E-state index in [9.17, 15) is 14.4 Å². The molecule has 140 valence electrons. The molecule has 0 aliphatic carbocycles. The molecule has 0 unspecified atom stereocenters. The van der Waals surface area contributed by atoms with Gasteiger partial charge in [-0.05, 0) is 38.0 Å². The van der Waals surface area contributed by atoms with Gasteiger partial charge in [0.2, 0.25) is 5.91 Å². The van der Waals surface area contributed by atoms with Gasteiger partial charge in [-0.3, -0.25) is 9.59 Å². The molecular weight excluding hydrogens is 338 g/mol. The minimum atomic E-state index is -0.923. The molecule has 0 radical (unpaired) electrons. The average Bonchev–Trinajstić information content (AvgIpc) is 3.12. The first-order chi connectivity index (χ1) is 12.5. The number of carbonyl (C=O) groups is 3. The molecule has 8 heteroatoms. The molecule has 3 rings (SSSR count). The van der Waals surface area contributed by atoms with Crippen molar-refractivity contribution in [3.8, 4) is 0 Å². The minimum Gasteiger partial charge on any atom is -0.449 e. The molecule has 1 saturated heterocycles. The molecule has 26 heavy (non-hydrogen) atoms. The molecule has 0 bridgehead atoms. The Kier molecular flexibility index (Phi) is 5.41. The highest BCUT2D eigenvalue weighted by Crippen LogP contribution is 2.37. The first-order valence-corrected chi connectivity index (χ1v) is 8.70. The number of hydrogen-bond acceptors (Lipinski definition) is 6. The van der Waals surface area contributed by atoms with E-state index < -0.39 is 12.1 Å². The van der Waals surface area contributed by atoms with Crippen LogP contribution in [0.3, 0.4) is 0 Å². The van der Waals surface area contributed by atoms with Gasteiger partial charge in [0.05, 0.1) is 23.5 Å². The van der Waals surface area contributed by atoms with Gasteiger partial charge in [-0.15, -0.1) is 0 Å². The molecule has 0 aromatic heterocycles. The molecule has 0 spiro atoms. The molecule has 2 heterocycles. The maximum atomic E-state index is 12.3. The van der Waals surface area contributed by atoms with Crippen molar-refractivity contribution in [1.82, 2.24) is 5.32 Å². The van der Waals surface area contributed by atoms with E-state index in [1.54, 1.807) is 12.1 Å². The number of hydrogen-bond donors (Lipinski definition) is 2. The van der Waals surface area contributed by atoms with Gasteiger partial charge in [0, 0.05) is 20.2 Å². The molecule has 2 aliphatic rings. The van der Waals surface area contributed by atoms with Crippen molar-refractivity contribution >= 4 is 29.2 Å². The van der Waals surface area contributed by atoms with Crippen LogP contribution in [0.25, 0.3) is 0 Å². The molecular formula is C18H23N3O5. The van der Waals surface area contributed by atoms with E-state index in [0.717, 1.165) is 25.1 Å². The highest BCUT2D eigenvalue weighted by atomic mass is 16.5. The minimum absolute atomic E-state index is 0.0496. The summed E-state index contributed by atoms with van der Waals surface area (Å²) in [4.78, 5) is 38.5. The van der Waals surface area contributed by atoms with Crippen LogP contribution >= 0.6 is 0 Å². The van der Waals surface area contributed by atoms with Gasteiger partial charge in [-0.2, -0.15) is 0 Å². The van der Waals surface area contributed by atoms with Crippen LogP contribution in [0.15, 0.2) is 18.2 Å². The quantitative estimate of drug-likeness (QED) is 0.578. The highest BCUT2D eigenvalue weighted by Gasteiger charge is 2.36. The third-order valence-electron chi connectivity index (χ3n) is 4.61. The van der Waals surface area contributed by atoms with Gasteiger partial charge in [0.1, 0.15) is 6.04 Å². The lowest BCUT2D eigenvalue weighted by Gasteiger charge is -2.33. The summed E-state index contributed by atoms with van der Waals surface area (Å²) in [7, 11) is 1.54. The summed E-state index contributed by atoms with van der Waals surface area (Å²) < 4.78 is 10.1. The monoisotopic (exact) mass is 361 g/mol. The lowest BCUT2D eigenvalue weighted by molar-refractivity contribution is -0.129. The Balaban J connectivity index is 1.66. The van der Waals surface area contributed by atoms with Crippen LogP contribution in [0.2, 0.25) is 0 Å². The predicted molar refractivity (Wildman–Crippen MR) is 95.2 cm³/mol. The lowest BCUT2D eigenvalue weighted by atomic mass is 10.1. The Bertz CT molecular complexity index is 721. The molecule has 2 atom stereocenters. The van der Waals surface area contributed by atoms with Crippen molar-refractivity contribution in [2.75, 3.05) is 37.0 Å². The molecule has 2 aliphatic heterocycles. The second-order valence-corrected chi connectivity index (χ2v) is 6.40. The van der Waals surface area contributed by atoms with Crippen molar-refractivity contribution in [3.63, 3.8) is 0 Å². The normalized spacial score (nSPS) is 19.2. The van der Waals surface area contributed by atoms with Crippen molar-refractivity contribution in [2.24, 2.45) is 0 Å². The van der Waals surface area contributed by atoms with Crippen molar-refractivity contribution in [1.29, 1.82) is 0 Å². The van der Waals surface area contributed by atoms with Crippen LogP contribution in [0.1, 0.15) is 30.1 Å². The van der Waals surface area contributed by atoms with Crippen LogP contribution in [0.5, 0.6) is 0 Å². The van der Waals surface area contributed by atoms with Crippen molar-refractivity contribution in [2.45, 2.75) is 31.9 Å². The Morgan fingerprint density at radius 2 is 2.23 bits per heavy atom. The fourth-order valence-electron chi connectivity index (χ4n) is 3.26. The summed E-state index contributed by atoms with van der Waals surface area (Å²) >= 11 is 0. The second kappa shape index (κ2) is 7.74. The summed E-state index contributed by atoms with van der Waals surface area (Å²) in [5, 5.41) is 5.47. The summed E-state index contributed by atoms with van der Waals surface area (Å²) in [6.45, 7) is 3.07. The van der Waals surface area contributed by atoms with Crippen LogP contribution in [-0.4, -0.2) is 56.7 Å². The molecule has 1 fully saturated rings. The van der Waals surface area contributed by atoms with E-state index >= 15 is 0 Å².